The van der Waals surface area contributed by atoms with Crippen LogP contribution in [-0.2, 0) is 9.53 Å². The monoisotopic (exact) mass is 198 g/mol. The van der Waals surface area contributed by atoms with E-state index in [1.165, 1.54) is 0 Å². The van der Waals surface area contributed by atoms with E-state index in [1.807, 2.05) is 6.07 Å². The van der Waals surface area contributed by atoms with E-state index in [0.717, 1.165) is 0 Å². The molecular weight excluding hydrogens is 192 g/mol. The highest BCUT2D eigenvalue weighted by atomic mass is 16.6. The Kier molecular flexibility index (Phi) is 2.07. The number of hydrogen-bond donors (Lipinski definition) is 0. The summed E-state index contributed by atoms with van der Waals surface area (Å²) in [4.78, 5) is 14.9. The molecule has 1 aliphatic heterocycles. The highest BCUT2D eigenvalue weighted by Crippen LogP contribution is 2.14. The lowest BCUT2D eigenvalue weighted by Crippen LogP contribution is -2.04. The van der Waals surface area contributed by atoms with Gasteiger partial charge in [0, 0.05) is 5.56 Å². The molecule has 1 aromatic rings. The second kappa shape index (κ2) is 3.39. The van der Waals surface area contributed by atoms with Gasteiger partial charge in [-0.2, -0.15) is 5.26 Å². The maximum atomic E-state index is 11.0. The van der Waals surface area contributed by atoms with Crippen LogP contribution in [0.3, 0.4) is 0 Å². The van der Waals surface area contributed by atoms with Crippen LogP contribution in [0.25, 0.3) is 0 Å². The maximum Gasteiger partial charge on any atom is 0.363 e. The van der Waals surface area contributed by atoms with Gasteiger partial charge in [-0.3, -0.25) is 0 Å². The lowest BCUT2D eigenvalue weighted by atomic mass is 10.1. The van der Waals surface area contributed by atoms with Crippen molar-refractivity contribution in [3.63, 3.8) is 0 Å². The zero-order valence-electron chi connectivity index (χ0n) is 7.73. The molecule has 0 saturated heterocycles. The molecule has 0 saturated carbocycles. The van der Waals surface area contributed by atoms with Gasteiger partial charge in [0.05, 0.1) is 11.6 Å². The number of carbonyl (C=O) groups is 1. The summed E-state index contributed by atoms with van der Waals surface area (Å²) in [5.41, 5.74) is 1.29. The fourth-order valence-corrected chi connectivity index (χ4v) is 1.15. The van der Waals surface area contributed by atoms with E-state index in [2.05, 4.69) is 11.6 Å². The van der Waals surface area contributed by atoms with Crippen LogP contribution in [-0.4, -0.2) is 11.9 Å². The van der Waals surface area contributed by atoms with Crippen LogP contribution >= 0.6 is 0 Å². The molecule has 0 bridgehead atoms. The zero-order valence-corrected chi connectivity index (χ0v) is 7.73. The van der Waals surface area contributed by atoms with Crippen molar-refractivity contribution in [3.05, 3.63) is 47.7 Å². The quantitative estimate of drug-likeness (QED) is 0.505. The third-order valence-corrected chi connectivity index (χ3v) is 1.92. The minimum absolute atomic E-state index is 0.0920. The molecule has 0 aliphatic carbocycles. The molecule has 4 heteroatoms. The van der Waals surface area contributed by atoms with E-state index in [1.54, 1.807) is 24.3 Å². The first kappa shape index (κ1) is 9.16. The average molecular weight is 198 g/mol. The van der Waals surface area contributed by atoms with Crippen molar-refractivity contribution in [1.82, 2.24) is 0 Å². The zero-order chi connectivity index (χ0) is 10.8. The van der Waals surface area contributed by atoms with Crippen LogP contribution < -0.4 is 0 Å². The first-order valence-corrected chi connectivity index (χ1v) is 4.21. The summed E-state index contributed by atoms with van der Waals surface area (Å²) in [6, 6.07) is 8.60. The van der Waals surface area contributed by atoms with Gasteiger partial charge in [-0.05, 0) is 24.3 Å². The molecule has 0 fully saturated rings. The summed E-state index contributed by atoms with van der Waals surface area (Å²) in [5, 5.41) is 8.60. The Morgan fingerprint density at radius 2 is 2.00 bits per heavy atom. The van der Waals surface area contributed by atoms with Crippen LogP contribution in [0.5, 0.6) is 0 Å². The first-order chi connectivity index (χ1) is 7.20. The molecule has 1 heterocycles. The van der Waals surface area contributed by atoms with Gasteiger partial charge in [0.25, 0.3) is 0 Å². The Morgan fingerprint density at radius 3 is 2.47 bits per heavy atom. The molecule has 0 radical (unpaired) electrons. The molecular formula is C11H6N2O2. The molecule has 0 spiro atoms. The molecule has 4 nitrogen and oxygen atoms in total. The van der Waals surface area contributed by atoms with Gasteiger partial charge in [-0.15, -0.1) is 0 Å². The van der Waals surface area contributed by atoms with Crippen LogP contribution in [0.2, 0.25) is 0 Å². The van der Waals surface area contributed by atoms with E-state index in [4.69, 9.17) is 10.00 Å². The minimum Gasteiger partial charge on any atom is -0.402 e. The number of aliphatic imine (C=N–C) groups is 1. The molecule has 15 heavy (non-hydrogen) atoms. The Morgan fingerprint density at radius 1 is 1.33 bits per heavy atom. The molecule has 2 rings (SSSR count). The second-order valence-corrected chi connectivity index (χ2v) is 2.94. The number of rotatable bonds is 1. The summed E-state index contributed by atoms with van der Waals surface area (Å²) in [7, 11) is 0. The lowest BCUT2D eigenvalue weighted by Gasteiger charge is -1.98. The van der Waals surface area contributed by atoms with Gasteiger partial charge in [0.1, 0.15) is 5.70 Å². The van der Waals surface area contributed by atoms with E-state index in [-0.39, 0.29) is 11.6 Å². The first-order valence-electron chi connectivity index (χ1n) is 4.21. The third-order valence-electron chi connectivity index (χ3n) is 1.92. The van der Waals surface area contributed by atoms with Crippen LogP contribution in [0.4, 0.5) is 0 Å². The van der Waals surface area contributed by atoms with Crippen molar-refractivity contribution in [2.75, 3.05) is 0 Å². The van der Waals surface area contributed by atoms with Gasteiger partial charge in [-0.1, -0.05) is 6.58 Å². The molecule has 0 atom stereocenters. The summed E-state index contributed by atoms with van der Waals surface area (Å²) in [5.74, 6) is -0.302. The molecule has 0 aromatic heterocycles. The highest BCUT2D eigenvalue weighted by Gasteiger charge is 2.21. The smallest absolute Gasteiger partial charge is 0.363 e. The van der Waals surface area contributed by atoms with Crippen LogP contribution in [0.15, 0.2) is 41.5 Å². The van der Waals surface area contributed by atoms with E-state index >= 15 is 0 Å². The Labute approximate surface area is 86.1 Å². The summed E-state index contributed by atoms with van der Waals surface area (Å²) in [6.07, 6.45) is 0. The van der Waals surface area contributed by atoms with Gasteiger partial charge < -0.3 is 4.74 Å². The van der Waals surface area contributed by atoms with Gasteiger partial charge in [0.15, 0.2) is 0 Å². The number of nitrogens with zero attached hydrogens (tertiary/aromatic N) is 2. The number of carbonyl (C=O) groups excluding carboxylic acids is 1. The molecule has 0 amide bonds. The summed E-state index contributed by atoms with van der Waals surface area (Å²) in [6.45, 7) is 3.43. The lowest BCUT2D eigenvalue weighted by molar-refractivity contribution is -0.129. The Hall–Kier alpha value is -2.41. The Bertz CT molecular complexity index is 506. The number of nitriles is 1. The van der Waals surface area contributed by atoms with Gasteiger partial charge >= 0.3 is 5.97 Å². The Balaban J connectivity index is 2.33. The number of hydrogen-bond acceptors (Lipinski definition) is 4. The minimum atomic E-state index is -0.533. The van der Waals surface area contributed by atoms with Crippen LogP contribution in [0, 0.1) is 11.3 Å². The van der Waals surface area contributed by atoms with Crippen molar-refractivity contribution in [1.29, 1.82) is 5.26 Å². The highest BCUT2D eigenvalue weighted by molar-refractivity contribution is 6.10. The predicted molar refractivity (Wildman–Crippen MR) is 52.9 cm³/mol. The largest absolute Gasteiger partial charge is 0.402 e. The number of esters is 1. The van der Waals surface area contributed by atoms with Crippen molar-refractivity contribution in [3.8, 4) is 6.07 Å². The molecule has 1 aliphatic rings. The van der Waals surface area contributed by atoms with Crippen molar-refractivity contribution >= 4 is 11.9 Å². The van der Waals surface area contributed by atoms with E-state index < -0.39 is 5.97 Å². The summed E-state index contributed by atoms with van der Waals surface area (Å²) < 4.78 is 4.86. The predicted octanol–water partition coefficient (Wildman–Crippen LogP) is 1.38. The molecule has 0 unspecified atom stereocenters. The van der Waals surface area contributed by atoms with Crippen molar-refractivity contribution in [2.24, 2.45) is 4.99 Å². The number of ether oxygens (including phenoxy) is 1. The fraction of sp³-hybridized carbons (Fsp3) is 0. The van der Waals surface area contributed by atoms with Crippen molar-refractivity contribution in [2.45, 2.75) is 0 Å². The average Bonchev–Trinajstić information content (AvgIpc) is 2.59. The number of cyclic esters (lactones) is 1. The van der Waals surface area contributed by atoms with E-state index in [9.17, 15) is 4.79 Å². The van der Waals surface area contributed by atoms with Gasteiger partial charge in [0.2, 0.25) is 5.90 Å². The molecule has 0 N–H and O–H groups in total. The number of benzene rings is 1. The topological polar surface area (TPSA) is 62.4 Å². The van der Waals surface area contributed by atoms with Crippen molar-refractivity contribution < 1.29 is 9.53 Å². The van der Waals surface area contributed by atoms with Crippen LogP contribution in [0.1, 0.15) is 11.1 Å². The SMILES string of the molecule is C=C1N=C(c2ccc(C#N)cc2)OC1=O. The molecule has 1 aromatic carbocycles. The molecule has 72 valence electrons. The third kappa shape index (κ3) is 1.63. The normalized spacial score (nSPS) is 14.5. The fourth-order valence-electron chi connectivity index (χ4n) is 1.15. The summed E-state index contributed by atoms with van der Waals surface area (Å²) >= 11 is 0. The standard InChI is InChI=1S/C11H6N2O2/c1-7-11(14)15-10(13-7)9-4-2-8(6-12)3-5-9/h2-5H,1H2. The maximum absolute atomic E-state index is 11.0. The second-order valence-electron chi connectivity index (χ2n) is 2.94. The van der Waals surface area contributed by atoms with E-state index in [0.29, 0.717) is 11.1 Å². The van der Waals surface area contributed by atoms with Gasteiger partial charge in [-0.25, -0.2) is 9.79 Å².